The highest BCUT2D eigenvalue weighted by Gasteiger charge is 2.20. The van der Waals surface area contributed by atoms with Gasteiger partial charge in [0.2, 0.25) is 0 Å². The van der Waals surface area contributed by atoms with Crippen LogP contribution in [-0.2, 0) is 20.2 Å². The molecule has 0 saturated heterocycles. The summed E-state index contributed by atoms with van der Waals surface area (Å²) in [7, 11) is -8.02. The molecule has 0 spiro atoms. The van der Waals surface area contributed by atoms with Crippen LogP contribution in [0.5, 0.6) is 5.75 Å². The summed E-state index contributed by atoms with van der Waals surface area (Å²) in [4.78, 5) is -1.36. The van der Waals surface area contributed by atoms with E-state index in [4.69, 9.17) is 10.5 Å². The van der Waals surface area contributed by atoms with Gasteiger partial charge in [-0.2, -0.15) is 37.3 Å². The highest BCUT2D eigenvalue weighted by molar-refractivity contribution is 7.86. The third-order valence-electron chi connectivity index (χ3n) is 5.72. The molecule has 4 aromatic carbocycles. The number of nitrogens with two attached hydrogens (primary N) is 1. The van der Waals surface area contributed by atoms with Crippen molar-refractivity contribution in [3.05, 3.63) is 71.8 Å². The summed E-state index contributed by atoms with van der Waals surface area (Å²) in [6.45, 7) is 3.66. The number of hydrogen-bond donors (Lipinski definition) is 3. The lowest BCUT2D eigenvalue weighted by molar-refractivity contribution is 0.417. The Morgan fingerprint density at radius 1 is 0.718 bits per heavy atom. The molecule has 4 N–H and O–H groups in total. The van der Waals surface area contributed by atoms with Crippen LogP contribution in [0.4, 0.5) is 28.4 Å². The molecule has 202 valence electrons. The molecule has 0 fully saturated rings. The number of nitrogen functional groups attached to an aromatic ring is 1. The van der Waals surface area contributed by atoms with Crippen LogP contribution in [-0.4, -0.2) is 33.1 Å². The van der Waals surface area contributed by atoms with E-state index in [0.29, 0.717) is 34.6 Å². The SMILES string of the molecule is COc1cc(/N=N\c2ccc(/N=N/c3ccc4cc(S(=O)(=O)O)cc(S(=O)(=O)O)c4c3)c(C)c2)c(C)cc1N. The van der Waals surface area contributed by atoms with Crippen LogP contribution in [0.25, 0.3) is 10.8 Å². The highest BCUT2D eigenvalue weighted by atomic mass is 32.2. The first kappa shape index (κ1) is 27.8. The zero-order chi connectivity index (χ0) is 28.5. The lowest BCUT2D eigenvalue weighted by atomic mass is 10.1. The standard InChI is InChI=1S/C25H23N5O7S2/c1-14-8-17(27-30-23-13-24(37-3)21(26)9-15(23)2)6-7-22(14)29-28-18-5-4-16-10-19(38(31,32)33)12-25(20(16)11-18)39(34,35)36/h4-13H,26H2,1-3H3,(H,31,32,33)(H,34,35,36)/b29-28+,30-27-. The van der Waals surface area contributed by atoms with E-state index in [0.717, 1.165) is 17.2 Å². The largest absolute Gasteiger partial charge is 0.495 e. The average Bonchev–Trinajstić information content (AvgIpc) is 2.85. The second-order valence-electron chi connectivity index (χ2n) is 8.53. The molecule has 12 nitrogen and oxygen atoms in total. The Bertz CT molecular complexity index is 1890. The van der Waals surface area contributed by atoms with Gasteiger partial charge in [0.15, 0.2) is 0 Å². The maximum Gasteiger partial charge on any atom is 0.295 e. The van der Waals surface area contributed by atoms with E-state index in [1.807, 2.05) is 6.92 Å². The number of azo groups is 2. The van der Waals surface area contributed by atoms with E-state index in [-0.39, 0.29) is 16.5 Å². The summed E-state index contributed by atoms with van der Waals surface area (Å²) >= 11 is 0. The monoisotopic (exact) mass is 569 g/mol. The molecule has 0 aliphatic rings. The minimum atomic E-state index is -4.82. The smallest absolute Gasteiger partial charge is 0.295 e. The third kappa shape index (κ3) is 6.26. The van der Waals surface area contributed by atoms with Crippen molar-refractivity contribution < 1.29 is 30.7 Å². The number of fused-ring (bicyclic) bond motifs is 1. The molecule has 0 heterocycles. The number of methoxy groups -OCH3 is 1. The van der Waals surface area contributed by atoms with Gasteiger partial charge in [-0.25, -0.2) is 0 Å². The van der Waals surface area contributed by atoms with Crippen LogP contribution < -0.4 is 10.5 Å². The van der Waals surface area contributed by atoms with Crippen molar-refractivity contribution in [2.45, 2.75) is 23.6 Å². The zero-order valence-corrected chi connectivity index (χ0v) is 22.5. The van der Waals surface area contributed by atoms with Crippen LogP contribution >= 0.6 is 0 Å². The van der Waals surface area contributed by atoms with E-state index in [1.54, 1.807) is 37.3 Å². The van der Waals surface area contributed by atoms with E-state index < -0.39 is 30.0 Å². The van der Waals surface area contributed by atoms with E-state index >= 15 is 0 Å². The van der Waals surface area contributed by atoms with Crippen molar-refractivity contribution in [1.82, 2.24) is 0 Å². The van der Waals surface area contributed by atoms with Crippen LogP contribution in [0, 0.1) is 13.8 Å². The topological polar surface area (TPSA) is 193 Å². The molecule has 39 heavy (non-hydrogen) atoms. The predicted molar refractivity (Wildman–Crippen MR) is 145 cm³/mol. The first-order valence-corrected chi connectivity index (χ1v) is 14.1. The Morgan fingerprint density at radius 3 is 1.95 bits per heavy atom. The number of aryl methyl sites for hydroxylation is 2. The summed E-state index contributed by atoms with van der Waals surface area (Å²) in [5.74, 6) is 0.498. The van der Waals surface area contributed by atoms with Gasteiger partial charge in [0.25, 0.3) is 20.2 Å². The maximum absolute atomic E-state index is 11.9. The number of hydrogen-bond acceptors (Lipinski definition) is 10. The molecule has 0 atom stereocenters. The summed E-state index contributed by atoms with van der Waals surface area (Å²) in [6.07, 6.45) is 0. The Hall–Kier alpha value is -4.24. The summed E-state index contributed by atoms with van der Waals surface area (Å²) in [6, 6.07) is 14.6. The Balaban J connectivity index is 1.63. The quantitative estimate of drug-likeness (QED) is 0.130. The number of benzene rings is 4. The molecule has 0 unspecified atom stereocenters. The Kier molecular flexibility index (Phi) is 7.48. The molecular weight excluding hydrogens is 546 g/mol. The average molecular weight is 570 g/mol. The van der Waals surface area contributed by atoms with Crippen molar-refractivity contribution >= 4 is 59.4 Å². The first-order valence-electron chi connectivity index (χ1n) is 11.2. The van der Waals surface area contributed by atoms with Gasteiger partial charge in [0.1, 0.15) is 10.6 Å². The fourth-order valence-corrected chi connectivity index (χ4v) is 5.08. The predicted octanol–water partition coefficient (Wildman–Crippen LogP) is 6.37. The molecule has 0 aliphatic heterocycles. The van der Waals surface area contributed by atoms with Crippen molar-refractivity contribution in [2.75, 3.05) is 12.8 Å². The van der Waals surface area contributed by atoms with Crippen LogP contribution in [0.3, 0.4) is 0 Å². The molecule has 0 aliphatic carbocycles. The van der Waals surface area contributed by atoms with Crippen molar-refractivity contribution in [3.8, 4) is 5.75 Å². The van der Waals surface area contributed by atoms with Gasteiger partial charge in [-0.15, -0.1) is 0 Å². The van der Waals surface area contributed by atoms with Gasteiger partial charge in [0, 0.05) is 11.5 Å². The van der Waals surface area contributed by atoms with Crippen molar-refractivity contribution in [2.24, 2.45) is 20.5 Å². The van der Waals surface area contributed by atoms with E-state index in [2.05, 4.69) is 20.5 Å². The van der Waals surface area contributed by atoms with Gasteiger partial charge >= 0.3 is 0 Å². The molecule has 0 radical (unpaired) electrons. The van der Waals surface area contributed by atoms with Gasteiger partial charge in [0.05, 0.1) is 40.4 Å². The van der Waals surface area contributed by atoms with Gasteiger partial charge in [-0.05, 0) is 78.9 Å². The molecule has 4 rings (SSSR count). The van der Waals surface area contributed by atoms with Crippen LogP contribution in [0.15, 0.2) is 90.9 Å². The molecular formula is C25H23N5O7S2. The second-order valence-corrected chi connectivity index (χ2v) is 11.3. The van der Waals surface area contributed by atoms with Crippen molar-refractivity contribution in [3.63, 3.8) is 0 Å². The lowest BCUT2D eigenvalue weighted by Gasteiger charge is -2.08. The third-order valence-corrected chi connectivity index (χ3v) is 7.45. The number of nitrogens with zero attached hydrogens (tertiary/aromatic N) is 4. The van der Waals surface area contributed by atoms with Crippen molar-refractivity contribution in [1.29, 1.82) is 0 Å². The van der Waals surface area contributed by atoms with Gasteiger partial charge in [-0.1, -0.05) is 6.07 Å². The summed E-state index contributed by atoms with van der Waals surface area (Å²) in [5.41, 5.74) is 9.90. The second kappa shape index (κ2) is 10.5. The fraction of sp³-hybridized carbons (Fsp3) is 0.120. The number of anilines is 1. The Morgan fingerprint density at radius 2 is 1.33 bits per heavy atom. The number of rotatable bonds is 7. The molecule has 14 heteroatoms. The highest BCUT2D eigenvalue weighted by Crippen LogP contribution is 2.34. The van der Waals surface area contributed by atoms with E-state index in [9.17, 15) is 25.9 Å². The van der Waals surface area contributed by atoms with Crippen LogP contribution in [0.2, 0.25) is 0 Å². The molecule has 0 aromatic heterocycles. The molecule has 0 bridgehead atoms. The summed E-state index contributed by atoms with van der Waals surface area (Å²) < 4.78 is 71.0. The van der Waals surface area contributed by atoms with Crippen LogP contribution in [0.1, 0.15) is 11.1 Å². The minimum Gasteiger partial charge on any atom is -0.495 e. The minimum absolute atomic E-state index is 0.00317. The Labute approximate surface area is 224 Å². The first-order chi connectivity index (χ1) is 18.3. The van der Waals surface area contributed by atoms with Gasteiger partial charge in [-0.3, -0.25) is 9.11 Å². The van der Waals surface area contributed by atoms with E-state index in [1.165, 1.54) is 25.3 Å². The van der Waals surface area contributed by atoms with Gasteiger partial charge < -0.3 is 10.5 Å². The summed E-state index contributed by atoms with van der Waals surface area (Å²) in [5, 5.41) is 17.1. The molecule has 0 amide bonds. The molecule has 4 aromatic rings. The lowest BCUT2D eigenvalue weighted by Crippen LogP contribution is -2.04. The number of ether oxygens (including phenoxy) is 1. The normalized spacial score (nSPS) is 12.5. The zero-order valence-electron chi connectivity index (χ0n) is 20.9. The fourth-order valence-electron chi connectivity index (χ4n) is 3.73. The molecule has 0 saturated carbocycles. The maximum atomic E-state index is 11.9.